The molecule has 1 atom stereocenters. The lowest BCUT2D eigenvalue weighted by Gasteiger charge is -2.18. The molecule has 0 radical (unpaired) electrons. The zero-order valence-corrected chi connectivity index (χ0v) is 19.9. The van der Waals surface area contributed by atoms with Crippen molar-refractivity contribution in [2.75, 3.05) is 5.32 Å². The van der Waals surface area contributed by atoms with E-state index in [2.05, 4.69) is 20.8 Å². The number of benzene rings is 3. The Labute approximate surface area is 209 Å². The van der Waals surface area contributed by atoms with Gasteiger partial charge in [0.25, 0.3) is 5.91 Å². The van der Waals surface area contributed by atoms with Gasteiger partial charge in [-0.05, 0) is 36.8 Å². The number of hydrogen-bond donors (Lipinski definition) is 2. The number of carbonyl (C=O) groups excluding carboxylic acids is 2. The Kier molecular flexibility index (Phi) is 7.44. The molecule has 184 valence electrons. The Morgan fingerprint density at radius 2 is 1.58 bits per heavy atom. The van der Waals surface area contributed by atoms with Crippen LogP contribution in [0.4, 0.5) is 18.3 Å². The second-order valence-electron chi connectivity index (χ2n) is 8.06. The SMILES string of the molecule is Cc1ccc(-c2nnc(NC(=O)C(Cc3ccccc3)NC(=O)c3ccc(C(F)(F)F)cc3)s2)cc1. The minimum Gasteiger partial charge on any atom is -0.340 e. The van der Waals surface area contributed by atoms with Crippen LogP contribution in [0.3, 0.4) is 0 Å². The fourth-order valence-electron chi connectivity index (χ4n) is 3.39. The number of alkyl halides is 3. The number of aryl methyl sites for hydroxylation is 1. The Hall–Kier alpha value is -4.05. The molecule has 1 heterocycles. The van der Waals surface area contributed by atoms with Crippen LogP contribution in [0.5, 0.6) is 0 Å². The van der Waals surface area contributed by atoms with E-state index in [1.165, 1.54) is 11.3 Å². The molecular weight excluding hydrogens is 489 g/mol. The summed E-state index contributed by atoms with van der Waals surface area (Å²) in [4.78, 5) is 25.9. The van der Waals surface area contributed by atoms with Gasteiger partial charge in [0.1, 0.15) is 11.0 Å². The summed E-state index contributed by atoms with van der Waals surface area (Å²) in [6, 6.07) is 19.6. The number of rotatable bonds is 7. The van der Waals surface area contributed by atoms with Crippen LogP contribution in [-0.2, 0) is 17.4 Å². The molecule has 0 aliphatic rings. The normalized spacial score (nSPS) is 12.1. The third-order valence-electron chi connectivity index (χ3n) is 5.33. The van der Waals surface area contributed by atoms with Gasteiger partial charge in [0.05, 0.1) is 5.56 Å². The van der Waals surface area contributed by atoms with Crippen LogP contribution in [0.2, 0.25) is 0 Å². The van der Waals surface area contributed by atoms with Gasteiger partial charge in [-0.2, -0.15) is 13.2 Å². The third kappa shape index (κ3) is 6.33. The molecule has 0 bridgehead atoms. The molecule has 0 aliphatic carbocycles. The van der Waals surface area contributed by atoms with Gasteiger partial charge in [-0.15, -0.1) is 10.2 Å². The molecule has 2 N–H and O–H groups in total. The van der Waals surface area contributed by atoms with E-state index in [1.54, 1.807) is 12.1 Å². The summed E-state index contributed by atoms with van der Waals surface area (Å²) >= 11 is 1.19. The summed E-state index contributed by atoms with van der Waals surface area (Å²) in [5.74, 6) is -1.19. The summed E-state index contributed by atoms with van der Waals surface area (Å²) in [6.45, 7) is 1.97. The topological polar surface area (TPSA) is 84.0 Å². The van der Waals surface area contributed by atoms with E-state index in [1.807, 2.05) is 49.4 Å². The summed E-state index contributed by atoms with van der Waals surface area (Å²) in [5.41, 5.74) is 1.90. The zero-order valence-electron chi connectivity index (χ0n) is 19.0. The molecule has 2 amide bonds. The molecule has 4 aromatic rings. The molecule has 0 spiro atoms. The predicted molar refractivity (Wildman–Crippen MR) is 132 cm³/mol. The largest absolute Gasteiger partial charge is 0.416 e. The first-order valence-corrected chi connectivity index (χ1v) is 11.7. The van der Waals surface area contributed by atoms with Gasteiger partial charge in [0, 0.05) is 17.5 Å². The summed E-state index contributed by atoms with van der Waals surface area (Å²) in [7, 11) is 0. The first kappa shape index (κ1) is 25.1. The number of amides is 2. The van der Waals surface area contributed by atoms with E-state index in [-0.39, 0.29) is 17.1 Å². The van der Waals surface area contributed by atoms with Crippen molar-refractivity contribution in [3.8, 4) is 10.6 Å². The van der Waals surface area contributed by atoms with Gasteiger partial charge in [-0.25, -0.2) is 0 Å². The summed E-state index contributed by atoms with van der Waals surface area (Å²) < 4.78 is 38.6. The van der Waals surface area contributed by atoms with Crippen LogP contribution >= 0.6 is 11.3 Å². The van der Waals surface area contributed by atoms with Gasteiger partial charge >= 0.3 is 6.18 Å². The average molecular weight is 511 g/mol. The highest BCUT2D eigenvalue weighted by Gasteiger charge is 2.30. The van der Waals surface area contributed by atoms with E-state index >= 15 is 0 Å². The fraction of sp³-hybridized carbons (Fsp3) is 0.154. The molecule has 0 fully saturated rings. The van der Waals surface area contributed by atoms with Crippen molar-refractivity contribution in [2.45, 2.75) is 25.6 Å². The van der Waals surface area contributed by atoms with Crippen LogP contribution < -0.4 is 10.6 Å². The number of carbonyl (C=O) groups is 2. The van der Waals surface area contributed by atoms with Gasteiger partial charge in [-0.1, -0.05) is 71.5 Å². The quantitative estimate of drug-likeness (QED) is 0.343. The second kappa shape index (κ2) is 10.7. The Balaban J connectivity index is 1.50. The molecule has 0 saturated heterocycles. The highest BCUT2D eigenvalue weighted by atomic mass is 32.1. The van der Waals surface area contributed by atoms with Gasteiger partial charge in [-0.3, -0.25) is 14.9 Å². The molecule has 0 saturated carbocycles. The maximum Gasteiger partial charge on any atom is 0.416 e. The molecule has 10 heteroatoms. The van der Waals surface area contributed by atoms with Gasteiger partial charge in [0.2, 0.25) is 11.0 Å². The lowest BCUT2D eigenvalue weighted by Crippen LogP contribution is -2.45. The van der Waals surface area contributed by atoms with Crippen LogP contribution in [0.15, 0.2) is 78.9 Å². The van der Waals surface area contributed by atoms with Gasteiger partial charge in [0.15, 0.2) is 0 Å². The van der Waals surface area contributed by atoms with Crippen molar-refractivity contribution >= 4 is 28.3 Å². The van der Waals surface area contributed by atoms with Crippen LogP contribution in [-0.4, -0.2) is 28.1 Å². The number of hydrogen-bond acceptors (Lipinski definition) is 5. The van der Waals surface area contributed by atoms with Crippen molar-refractivity contribution < 1.29 is 22.8 Å². The molecule has 3 aromatic carbocycles. The van der Waals surface area contributed by atoms with Crippen molar-refractivity contribution in [1.82, 2.24) is 15.5 Å². The van der Waals surface area contributed by atoms with Crippen molar-refractivity contribution in [3.05, 3.63) is 101 Å². The molecule has 36 heavy (non-hydrogen) atoms. The first-order chi connectivity index (χ1) is 17.2. The predicted octanol–water partition coefficient (Wildman–Crippen LogP) is 5.51. The van der Waals surface area contributed by atoms with Crippen LogP contribution in [0, 0.1) is 6.92 Å². The molecule has 1 aromatic heterocycles. The number of halogens is 3. The lowest BCUT2D eigenvalue weighted by molar-refractivity contribution is -0.137. The Bertz CT molecular complexity index is 1340. The van der Waals surface area contributed by atoms with Crippen molar-refractivity contribution in [1.29, 1.82) is 0 Å². The monoisotopic (exact) mass is 510 g/mol. The highest BCUT2D eigenvalue weighted by molar-refractivity contribution is 7.18. The van der Waals surface area contributed by atoms with Crippen molar-refractivity contribution in [3.63, 3.8) is 0 Å². The number of aromatic nitrogens is 2. The number of nitrogens with zero attached hydrogens (tertiary/aromatic N) is 2. The lowest BCUT2D eigenvalue weighted by atomic mass is 10.0. The van der Waals surface area contributed by atoms with E-state index < -0.39 is 29.6 Å². The number of nitrogens with one attached hydrogen (secondary N) is 2. The van der Waals surface area contributed by atoms with E-state index in [0.717, 1.165) is 41.0 Å². The maximum atomic E-state index is 13.1. The van der Waals surface area contributed by atoms with E-state index in [4.69, 9.17) is 0 Å². The average Bonchev–Trinajstić information content (AvgIpc) is 3.32. The highest BCUT2D eigenvalue weighted by Crippen LogP contribution is 2.29. The summed E-state index contributed by atoms with van der Waals surface area (Å²) in [6.07, 6.45) is -4.34. The Morgan fingerprint density at radius 1 is 0.917 bits per heavy atom. The van der Waals surface area contributed by atoms with Crippen LogP contribution in [0.25, 0.3) is 10.6 Å². The smallest absolute Gasteiger partial charge is 0.340 e. The van der Waals surface area contributed by atoms with Gasteiger partial charge < -0.3 is 5.32 Å². The third-order valence-corrected chi connectivity index (χ3v) is 6.22. The fourth-order valence-corrected chi connectivity index (χ4v) is 4.14. The molecule has 0 aliphatic heterocycles. The standard InChI is InChI=1S/C26H21F3N4O2S/c1-16-7-9-19(10-8-16)24-32-33-25(36-24)31-23(35)21(15-17-5-3-2-4-6-17)30-22(34)18-11-13-20(14-12-18)26(27,28)29/h2-14,21H,15H2,1H3,(H,30,34)(H,31,33,35). The molecular formula is C26H21F3N4O2S. The van der Waals surface area contributed by atoms with E-state index in [9.17, 15) is 22.8 Å². The number of anilines is 1. The minimum atomic E-state index is -4.51. The Morgan fingerprint density at radius 3 is 2.22 bits per heavy atom. The summed E-state index contributed by atoms with van der Waals surface area (Å²) in [5, 5.41) is 14.4. The minimum absolute atomic E-state index is 0.00596. The molecule has 6 nitrogen and oxygen atoms in total. The first-order valence-electron chi connectivity index (χ1n) is 10.9. The second-order valence-corrected chi connectivity index (χ2v) is 9.04. The molecule has 4 rings (SSSR count). The maximum absolute atomic E-state index is 13.1. The zero-order chi connectivity index (χ0) is 25.7. The molecule has 1 unspecified atom stereocenters. The van der Waals surface area contributed by atoms with E-state index in [0.29, 0.717) is 5.01 Å². The van der Waals surface area contributed by atoms with Crippen LogP contribution in [0.1, 0.15) is 27.0 Å². The van der Waals surface area contributed by atoms with Crippen molar-refractivity contribution in [2.24, 2.45) is 0 Å².